The smallest absolute Gasteiger partial charge is 0.258 e. The van der Waals surface area contributed by atoms with E-state index >= 15 is 0 Å². The van der Waals surface area contributed by atoms with E-state index in [1.54, 1.807) is 17.5 Å². The highest BCUT2D eigenvalue weighted by Crippen LogP contribution is 2.22. The van der Waals surface area contributed by atoms with Crippen molar-refractivity contribution in [3.8, 4) is 0 Å². The summed E-state index contributed by atoms with van der Waals surface area (Å²) in [6.07, 6.45) is 9.74. The van der Waals surface area contributed by atoms with Crippen molar-refractivity contribution in [1.82, 2.24) is 9.38 Å². The topological polar surface area (TPSA) is 50.0 Å². The summed E-state index contributed by atoms with van der Waals surface area (Å²) < 4.78 is 1.65. The highest BCUT2D eigenvalue weighted by molar-refractivity contribution is 6.08. The molecule has 0 amide bonds. The minimum atomic E-state index is -0.0845. The highest BCUT2D eigenvalue weighted by Gasteiger charge is 2.14. The van der Waals surface area contributed by atoms with Gasteiger partial charge in [0.15, 0.2) is 0 Å². The van der Waals surface area contributed by atoms with Crippen LogP contribution in [0.4, 0.5) is 5.69 Å². The van der Waals surface area contributed by atoms with E-state index in [9.17, 15) is 4.79 Å². The molecule has 0 N–H and O–H groups in total. The normalized spacial score (nSPS) is 18.9. The van der Waals surface area contributed by atoms with Gasteiger partial charge in [0.1, 0.15) is 5.65 Å². The van der Waals surface area contributed by atoms with Crippen LogP contribution in [-0.4, -0.2) is 35.2 Å². The van der Waals surface area contributed by atoms with Gasteiger partial charge in [-0.2, -0.15) is 0 Å². The number of aromatic nitrogens is 2. The lowest BCUT2D eigenvalue weighted by Gasteiger charge is -2.29. The van der Waals surface area contributed by atoms with E-state index in [1.165, 1.54) is 25.7 Å². The molecule has 0 radical (unpaired) electrons. The van der Waals surface area contributed by atoms with Crippen LogP contribution in [0.5, 0.6) is 0 Å². The zero-order valence-electron chi connectivity index (χ0n) is 18.8. The number of rotatable bonds is 5. The Morgan fingerprint density at radius 2 is 2.10 bits per heavy atom. The van der Waals surface area contributed by atoms with Crippen LogP contribution < -0.4 is 10.5 Å². The summed E-state index contributed by atoms with van der Waals surface area (Å²) in [7, 11) is 1.73. The van der Waals surface area contributed by atoms with E-state index in [1.807, 2.05) is 25.3 Å². The molecule has 0 aromatic carbocycles. The van der Waals surface area contributed by atoms with Crippen LogP contribution in [0.3, 0.4) is 0 Å². The van der Waals surface area contributed by atoms with Gasteiger partial charge in [-0.25, -0.2) is 4.98 Å². The highest BCUT2D eigenvalue weighted by atomic mass is 16.1. The molecule has 1 aliphatic heterocycles. The van der Waals surface area contributed by atoms with Gasteiger partial charge in [-0.3, -0.25) is 14.2 Å². The third kappa shape index (κ3) is 5.07. The predicted molar refractivity (Wildman–Crippen MR) is 127 cm³/mol. The third-order valence-corrected chi connectivity index (χ3v) is 6.12. The predicted octanol–water partition coefficient (Wildman–Crippen LogP) is 5.04. The quantitative estimate of drug-likeness (QED) is 0.516. The molecule has 0 aliphatic carbocycles. The van der Waals surface area contributed by atoms with Crippen molar-refractivity contribution in [2.75, 3.05) is 25.0 Å². The van der Waals surface area contributed by atoms with Crippen LogP contribution in [0.25, 0.3) is 5.65 Å². The lowest BCUT2D eigenvalue weighted by molar-refractivity contribution is 0.438. The molecule has 0 bridgehead atoms. The number of nitrogens with zero attached hydrogens (tertiary/aromatic N) is 4. The summed E-state index contributed by atoms with van der Waals surface area (Å²) in [6, 6.07) is 5.60. The minimum Gasteiger partial charge on any atom is -0.370 e. The lowest BCUT2D eigenvalue weighted by atomic mass is 9.98. The summed E-state index contributed by atoms with van der Waals surface area (Å²) >= 11 is 0. The van der Waals surface area contributed by atoms with Gasteiger partial charge >= 0.3 is 0 Å². The van der Waals surface area contributed by atoms with Gasteiger partial charge in [0.25, 0.3) is 5.56 Å². The first-order valence-electron chi connectivity index (χ1n) is 11.0. The number of hydrogen-bond acceptors (Lipinski definition) is 4. The number of fused-ring (bicyclic) bond motifs is 1. The standard InChI is InChI=1S/C25H34N4O/c1-6-19(3)20(4)15-22(26-5)23-16-25(30)29-17-21(10-11-24(29)27-23)28-13-8-7-9-18(2)12-14-28/h10-11,15-18H,3,6-9,12-14H2,1-2,4-5H3/b20-15+,26-22?. The molecule has 160 valence electrons. The second-order valence-corrected chi connectivity index (χ2v) is 8.37. The molecule has 1 saturated heterocycles. The van der Waals surface area contributed by atoms with E-state index in [2.05, 4.69) is 36.4 Å². The van der Waals surface area contributed by atoms with Crippen LogP contribution >= 0.6 is 0 Å². The molecule has 1 unspecified atom stereocenters. The maximum atomic E-state index is 12.9. The fourth-order valence-electron chi connectivity index (χ4n) is 3.93. The first kappa shape index (κ1) is 22.0. The molecule has 3 rings (SSSR count). The second kappa shape index (κ2) is 9.88. The molecular formula is C25H34N4O. The van der Waals surface area contributed by atoms with E-state index in [-0.39, 0.29) is 5.56 Å². The largest absolute Gasteiger partial charge is 0.370 e. The van der Waals surface area contributed by atoms with Crippen molar-refractivity contribution in [2.24, 2.45) is 10.9 Å². The molecule has 0 saturated carbocycles. The Morgan fingerprint density at radius 1 is 1.30 bits per heavy atom. The van der Waals surface area contributed by atoms with Gasteiger partial charge in [-0.15, -0.1) is 0 Å². The van der Waals surface area contributed by atoms with Crippen LogP contribution in [0.15, 0.2) is 58.0 Å². The Labute approximate surface area is 179 Å². The molecule has 1 aliphatic rings. The fourth-order valence-corrected chi connectivity index (χ4v) is 3.93. The Kier molecular flexibility index (Phi) is 7.24. The van der Waals surface area contributed by atoms with Crippen LogP contribution in [0, 0.1) is 5.92 Å². The first-order valence-corrected chi connectivity index (χ1v) is 11.0. The van der Waals surface area contributed by atoms with Gasteiger partial charge in [0, 0.05) is 32.4 Å². The first-order chi connectivity index (χ1) is 14.4. The Balaban J connectivity index is 1.94. The van der Waals surface area contributed by atoms with Crippen LogP contribution in [-0.2, 0) is 0 Å². The molecule has 0 spiro atoms. The summed E-state index contributed by atoms with van der Waals surface area (Å²) in [4.78, 5) is 24.4. The van der Waals surface area contributed by atoms with E-state index in [0.29, 0.717) is 17.1 Å². The van der Waals surface area contributed by atoms with E-state index < -0.39 is 0 Å². The average Bonchev–Trinajstić information content (AvgIpc) is 2.74. The van der Waals surface area contributed by atoms with Crippen molar-refractivity contribution in [1.29, 1.82) is 0 Å². The Hall–Kier alpha value is -2.69. The van der Waals surface area contributed by atoms with Crippen LogP contribution in [0.2, 0.25) is 0 Å². The number of aliphatic imine (C=N–C) groups is 1. The summed E-state index contributed by atoms with van der Waals surface area (Å²) in [5.74, 6) is 0.757. The molecule has 5 heteroatoms. The summed E-state index contributed by atoms with van der Waals surface area (Å²) in [5.41, 5.74) is 5.05. The fraction of sp³-hybridized carbons (Fsp3) is 0.480. The maximum absolute atomic E-state index is 12.9. The molecule has 2 aromatic heterocycles. The molecule has 2 aromatic rings. The Bertz CT molecular complexity index is 1030. The number of pyridine rings is 1. The lowest BCUT2D eigenvalue weighted by Crippen LogP contribution is -2.29. The summed E-state index contributed by atoms with van der Waals surface area (Å²) in [6.45, 7) is 12.6. The maximum Gasteiger partial charge on any atom is 0.258 e. The SMILES string of the molecule is C=C(CC)/C(C)=C/C(=NC)c1cc(=O)n2cc(N3CCCCC(C)CC3)ccc2n1. The monoisotopic (exact) mass is 406 g/mol. The van der Waals surface area contributed by atoms with Crippen LogP contribution in [0.1, 0.15) is 58.6 Å². The molecule has 5 nitrogen and oxygen atoms in total. The summed E-state index contributed by atoms with van der Waals surface area (Å²) in [5, 5.41) is 0. The van der Waals surface area contributed by atoms with Gasteiger partial charge in [-0.1, -0.05) is 38.8 Å². The molecule has 3 heterocycles. The van der Waals surface area contributed by atoms with Crippen molar-refractivity contribution in [3.63, 3.8) is 0 Å². The van der Waals surface area contributed by atoms with Gasteiger partial charge in [-0.05, 0) is 55.9 Å². The third-order valence-electron chi connectivity index (χ3n) is 6.12. The second-order valence-electron chi connectivity index (χ2n) is 8.37. The zero-order chi connectivity index (χ0) is 21.7. The van der Waals surface area contributed by atoms with Crippen molar-refractivity contribution in [3.05, 3.63) is 64.2 Å². The Morgan fingerprint density at radius 3 is 2.83 bits per heavy atom. The van der Waals surface area contributed by atoms with E-state index in [0.717, 1.165) is 42.3 Å². The number of allylic oxidation sites excluding steroid dienone is 3. The van der Waals surface area contributed by atoms with Gasteiger partial charge in [0.05, 0.1) is 17.1 Å². The molecule has 1 fully saturated rings. The van der Waals surface area contributed by atoms with Crippen molar-refractivity contribution < 1.29 is 0 Å². The average molecular weight is 407 g/mol. The zero-order valence-corrected chi connectivity index (χ0v) is 18.8. The molecule has 30 heavy (non-hydrogen) atoms. The van der Waals surface area contributed by atoms with Crippen molar-refractivity contribution >= 4 is 17.0 Å². The minimum absolute atomic E-state index is 0.0845. The van der Waals surface area contributed by atoms with Gasteiger partial charge in [0.2, 0.25) is 0 Å². The van der Waals surface area contributed by atoms with E-state index in [4.69, 9.17) is 4.98 Å². The molecular weight excluding hydrogens is 372 g/mol. The van der Waals surface area contributed by atoms with Gasteiger partial charge < -0.3 is 4.90 Å². The number of anilines is 1. The number of hydrogen-bond donors (Lipinski definition) is 0. The molecule has 1 atom stereocenters. The van der Waals surface area contributed by atoms with Crippen molar-refractivity contribution in [2.45, 2.75) is 52.9 Å².